The topological polar surface area (TPSA) is 75.1 Å². The first-order valence-electron chi connectivity index (χ1n) is 4.23. The molecule has 1 aromatic carbocycles. The maximum absolute atomic E-state index is 11.7. The molecule has 5 nitrogen and oxygen atoms in total. The van der Waals surface area contributed by atoms with E-state index in [9.17, 15) is 9.90 Å². The molecular formula is C9H6ClN3O2S. The van der Waals surface area contributed by atoms with E-state index in [1.54, 1.807) is 0 Å². The Bertz CT molecular complexity index is 515. The number of carbonyl (C=O) groups excluding carboxylic acids is 1. The monoisotopic (exact) mass is 255 g/mol. The van der Waals surface area contributed by atoms with Crippen LogP contribution in [-0.4, -0.2) is 21.2 Å². The van der Waals surface area contributed by atoms with Crippen molar-refractivity contribution >= 4 is 34.0 Å². The van der Waals surface area contributed by atoms with E-state index in [-0.39, 0.29) is 11.3 Å². The highest BCUT2D eigenvalue weighted by atomic mass is 35.5. The molecule has 0 radical (unpaired) electrons. The van der Waals surface area contributed by atoms with E-state index in [1.807, 2.05) is 0 Å². The van der Waals surface area contributed by atoms with Crippen molar-refractivity contribution in [2.24, 2.45) is 0 Å². The minimum Gasteiger partial charge on any atom is -0.507 e. The lowest BCUT2D eigenvalue weighted by molar-refractivity contribution is 0.102. The molecule has 0 aliphatic rings. The zero-order valence-corrected chi connectivity index (χ0v) is 9.42. The largest absolute Gasteiger partial charge is 0.507 e. The summed E-state index contributed by atoms with van der Waals surface area (Å²) in [6.07, 6.45) is 0. The Morgan fingerprint density at radius 1 is 1.50 bits per heavy atom. The van der Waals surface area contributed by atoms with Crippen LogP contribution in [0.5, 0.6) is 5.75 Å². The van der Waals surface area contributed by atoms with Gasteiger partial charge in [-0.2, -0.15) is 0 Å². The van der Waals surface area contributed by atoms with Gasteiger partial charge in [-0.3, -0.25) is 10.1 Å². The summed E-state index contributed by atoms with van der Waals surface area (Å²) in [5.74, 6) is -0.625. The van der Waals surface area contributed by atoms with Crippen LogP contribution in [0, 0.1) is 0 Å². The van der Waals surface area contributed by atoms with Crippen molar-refractivity contribution < 1.29 is 9.90 Å². The number of phenolic OH excluding ortho intramolecular Hbond substituents is 1. The van der Waals surface area contributed by atoms with Crippen LogP contribution in [-0.2, 0) is 0 Å². The van der Waals surface area contributed by atoms with E-state index in [0.717, 1.165) is 0 Å². The van der Waals surface area contributed by atoms with Gasteiger partial charge in [0.1, 0.15) is 11.3 Å². The third-order valence-electron chi connectivity index (χ3n) is 1.78. The molecule has 0 fully saturated rings. The number of aromatic hydroxyl groups is 1. The Morgan fingerprint density at radius 3 is 2.94 bits per heavy atom. The molecule has 82 valence electrons. The maximum Gasteiger partial charge on any atom is 0.261 e. The van der Waals surface area contributed by atoms with E-state index in [0.29, 0.717) is 10.2 Å². The summed E-state index contributed by atoms with van der Waals surface area (Å²) >= 11 is 6.85. The van der Waals surface area contributed by atoms with Gasteiger partial charge >= 0.3 is 0 Å². The van der Waals surface area contributed by atoms with Crippen LogP contribution >= 0.6 is 22.9 Å². The summed E-state index contributed by atoms with van der Waals surface area (Å²) < 4.78 is 0. The van der Waals surface area contributed by atoms with Gasteiger partial charge in [-0.15, -0.1) is 10.2 Å². The first-order chi connectivity index (χ1) is 7.66. The third kappa shape index (κ3) is 2.29. The maximum atomic E-state index is 11.7. The number of amides is 1. The number of nitrogens with one attached hydrogen (secondary N) is 1. The fourth-order valence-electron chi connectivity index (χ4n) is 1.09. The normalized spacial score (nSPS) is 10.1. The molecule has 7 heteroatoms. The Balaban J connectivity index is 2.21. The summed E-state index contributed by atoms with van der Waals surface area (Å²) in [7, 11) is 0. The highest BCUT2D eigenvalue weighted by Gasteiger charge is 2.12. The minimum absolute atomic E-state index is 0.139. The van der Waals surface area contributed by atoms with Gasteiger partial charge in [-0.25, -0.2) is 0 Å². The zero-order chi connectivity index (χ0) is 11.5. The quantitative estimate of drug-likeness (QED) is 0.862. The van der Waals surface area contributed by atoms with E-state index >= 15 is 0 Å². The van der Waals surface area contributed by atoms with Crippen molar-refractivity contribution in [3.63, 3.8) is 0 Å². The molecule has 2 aromatic rings. The van der Waals surface area contributed by atoms with E-state index in [4.69, 9.17) is 11.6 Å². The standard InChI is InChI=1S/C9H6ClN3O2S/c10-5-1-2-6(7(14)3-5)8(15)12-9-13-11-4-16-9/h1-4,14H,(H,12,13,15). The summed E-state index contributed by atoms with van der Waals surface area (Å²) in [6.45, 7) is 0. The Kier molecular flexibility index (Phi) is 3.02. The van der Waals surface area contributed by atoms with Gasteiger partial charge in [0.15, 0.2) is 0 Å². The fourth-order valence-corrected chi connectivity index (χ4v) is 1.70. The predicted octanol–water partition coefficient (Wildman–Crippen LogP) is 2.15. The molecule has 0 aliphatic heterocycles. The number of nitrogens with zero attached hydrogens (tertiary/aromatic N) is 2. The van der Waals surface area contributed by atoms with Crippen molar-refractivity contribution in [1.29, 1.82) is 0 Å². The van der Waals surface area contributed by atoms with Gasteiger partial charge in [-0.1, -0.05) is 22.9 Å². The molecule has 1 heterocycles. The van der Waals surface area contributed by atoms with E-state index in [1.165, 1.54) is 35.0 Å². The van der Waals surface area contributed by atoms with Crippen LogP contribution in [0.25, 0.3) is 0 Å². The lowest BCUT2D eigenvalue weighted by Gasteiger charge is -2.03. The average Bonchev–Trinajstić information content (AvgIpc) is 2.70. The number of aromatic nitrogens is 2. The number of hydrogen-bond donors (Lipinski definition) is 2. The highest BCUT2D eigenvalue weighted by molar-refractivity contribution is 7.13. The molecule has 0 aliphatic carbocycles. The number of benzene rings is 1. The van der Waals surface area contributed by atoms with Crippen molar-refractivity contribution in [3.05, 3.63) is 34.3 Å². The molecule has 2 N–H and O–H groups in total. The van der Waals surface area contributed by atoms with Gasteiger partial charge in [0.2, 0.25) is 5.13 Å². The second-order valence-electron chi connectivity index (χ2n) is 2.86. The van der Waals surface area contributed by atoms with Gasteiger partial charge in [0.25, 0.3) is 5.91 Å². The molecule has 0 bridgehead atoms. The molecule has 0 unspecified atom stereocenters. The first kappa shape index (κ1) is 10.8. The number of phenols is 1. The molecule has 16 heavy (non-hydrogen) atoms. The van der Waals surface area contributed by atoms with Crippen LogP contribution in [0.1, 0.15) is 10.4 Å². The summed E-state index contributed by atoms with van der Waals surface area (Å²) in [5.41, 5.74) is 1.64. The summed E-state index contributed by atoms with van der Waals surface area (Å²) in [6, 6.07) is 4.26. The molecule has 0 atom stereocenters. The predicted molar refractivity (Wildman–Crippen MR) is 61.0 cm³/mol. The first-order valence-corrected chi connectivity index (χ1v) is 5.48. The van der Waals surface area contributed by atoms with E-state index < -0.39 is 5.91 Å². The molecule has 1 aromatic heterocycles. The number of hydrogen-bond acceptors (Lipinski definition) is 5. The van der Waals surface area contributed by atoms with Gasteiger partial charge < -0.3 is 5.11 Å². The second kappa shape index (κ2) is 4.46. The molecule has 2 rings (SSSR count). The van der Waals surface area contributed by atoms with Crippen molar-refractivity contribution in [2.45, 2.75) is 0 Å². The van der Waals surface area contributed by atoms with Gasteiger partial charge in [0.05, 0.1) is 5.56 Å². The van der Waals surface area contributed by atoms with Crippen LogP contribution in [0.2, 0.25) is 5.02 Å². The molecule has 0 spiro atoms. The van der Waals surface area contributed by atoms with Crippen molar-refractivity contribution in [3.8, 4) is 5.75 Å². The van der Waals surface area contributed by atoms with Gasteiger partial charge in [0, 0.05) is 5.02 Å². The second-order valence-corrected chi connectivity index (χ2v) is 4.13. The number of anilines is 1. The Labute approximate surface area is 99.7 Å². The van der Waals surface area contributed by atoms with Crippen LogP contribution < -0.4 is 5.32 Å². The SMILES string of the molecule is O=C(Nc1nncs1)c1ccc(Cl)cc1O. The Morgan fingerprint density at radius 2 is 2.31 bits per heavy atom. The summed E-state index contributed by atoms with van der Waals surface area (Å²) in [4.78, 5) is 11.7. The fraction of sp³-hybridized carbons (Fsp3) is 0. The Hall–Kier alpha value is -1.66. The summed E-state index contributed by atoms with van der Waals surface area (Å²) in [5, 5.41) is 20.0. The molecule has 0 saturated carbocycles. The van der Waals surface area contributed by atoms with Crippen LogP contribution in [0.15, 0.2) is 23.7 Å². The minimum atomic E-state index is -0.453. The average molecular weight is 256 g/mol. The molecule has 1 amide bonds. The highest BCUT2D eigenvalue weighted by Crippen LogP contribution is 2.23. The number of halogens is 1. The van der Waals surface area contributed by atoms with E-state index in [2.05, 4.69) is 15.5 Å². The third-order valence-corrected chi connectivity index (χ3v) is 2.63. The molecule has 0 saturated heterocycles. The van der Waals surface area contributed by atoms with Crippen molar-refractivity contribution in [1.82, 2.24) is 10.2 Å². The van der Waals surface area contributed by atoms with Gasteiger partial charge in [-0.05, 0) is 18.2 Å². The van der Waals surface area contributed by atoms with Crippen LogP contribution in [0.4, 0.5) is 5.13 Å². The number of carbonyl (C=O) groups is 1. The van der Waals surface area contributed by atoms with Crippen molar-refractivity contribution in [2.75, 3.05) is 5.32 Å². The lowest BCUT2D eigenvalue weighted by Crippen LogP contribution is -2.11. The zero-order valence-electron chi connectivity index (χ0n) is 7.85. The smallest absolute Gasteiger partial charge is 0.261 e. The molecular weight excluding hydrogens is 250 g/mol. The number of rotatable bonds is 2. The lowest BCUT2D eigenvalue weighted by atomic mass is 10.2. The van der Waals surface area contributed by atoms with Crippen LogP contribution in [0.3, 0.4) is 0 Å².